The quantitative estimate of drug-likeness (QED) is 0.924. The van der Waals surface area contributed by atoms with Gasteiger partial charge in [-0.1, -0.05) is 37.3 Å². The lowest BCUT2D eigenvalue weighted by molar-refractivity contribution is -0.142. The molecular weight excluding hydrogens is 258 g/mol. The number of carboxylic acid groups (broad SMARTS) is 1. The summed E-state index contributed by atoms with van der Waals surface area (Å²) in [5, 5.41) is 9.97. The monoisotopic (exact) mass is 275 g/mol. The smallest absolute Gasteiger partial charge is 0.316 e. The number of nitrogens with zero attached hydrogens (tertiary/aromatic N) is 1. The summed E-state index contributed by atoms with van der Waals surface area (Å²) in [6.07, 6.45) is 0.859. The second-order valence-corrected chi connectivity index (χ2v) is 6.02. The fraction of sp³-hybridized carbons (Fsp3) is 0.333. The maximum Gasteiger partial charge on any atom is 0.316 e. The van der Waals surface area contributed by atoms with E-state index in [0.29, 0.717) is 5.01 Å². The van der Waals surface area contributed by atoms with Gasteiger partial charge in [-0.25, -0.2) is 4.98 Å². The molecule has 0 amide bonds. The highest BCUT2D eigenvalue weighted by Gasteiger charge is 2.33. The Morgan fingerprint density at radius 3 is 2.47 bits per heavy atom. The molecule has 3 nitrogen and oxygen atoms in total. The summed E-state index contributed by atoms with van der Waals surface area (Å²) in [4.78, 5) is 17.1. The van der Waals surface area contributed by atoms with Gasteiger partial charge in [0.1, 0.15) is 10.4 Å². The molecule has 100 valence electrons. The Balaban J connectivity index is 2.53. The molecular formula is C15H17NO2S. The third-order valence-corrected chi connectivity index (χ3v) is 4.66. The molecule has 4 heteroatoms. The highest BCUT2D eigenvalue weighted by atomic mass is 32.1. The van der Waals surface area contributed by atoms with Crippen LogP contribution in [0, 0.1) is 0 Å². The molecule has 0 saturated carbocycles. The largest absolute Gasteiger partial charge is 0.481 e. The highest BCUT2D eigenvalue weighted by Crippen LogP contribution is 2.35. The summed E-state index contributed by atoms with van der Waals surface area (Å²) in [6.45, 7) is 5.46. The summed E-state index contributed by atoms with van der Waals surface area (Å²) < 4.78 is 0. The third-order valence-electron chi connectivity index (χ3n) is 3.14. The third kappa shape index (κ3) is 2.54. The molecule has 0 aliphatic carbocycles. The summed E-state index contributed by atoms with van der Waals surface area (Å²) >= 11 is 1.50. The van der Waals surface area contributed by atoms with Crippen LogP contribution in [0.15, 0.2) is 30.3 Å². The summed E-state index contributed by atoms with van der Waals surface area (Å²) in [5.74, 6) is -0.844. The topological polar surface area (TPSA) is 50.2 Å². The summed E-state index contributed by atoms with van der Waals surface area (Å²) in [5.41, 5.74) is 1.02. The molecule has 0 radical (unpaired) electrons. The van der Waals surface area contributed by atoms with Crippen molar-refractivity contribution in [3.05, 3.63) is 40.2 Å². The first-order valence-electron chi connectivity index (χ1n) is 6.25. The first-order valence-corrected chi connectivity index (χ1v) is 7.07. The number of carbonyl (C=O) groups is 1. The SMILES string of the molecule is CCc1sc(C(C)(C)C(=O)O)nc1-c1ccccc1. The van der Waals surface area contributed by atoms with E-state index in [1.165, 1.54) is 11.3 Å². The van der Waals surface area contributed by atoms with Gasteiger partial charge in [-0.2, -0.15) is 0 Å². The molecule has 0 atom stereocenters. The van der Waals surface area contributed by atoms with Gasteiger partial charge in [0.15, 0.2) is 0 Å². The molecule has 1 aromatic carbocycles. The molecule has 2 rings (SSSR count). The Morgan fingerprint density at radius 2 is 1.95 bits per heavy atom. The van der Waals surface area contributed by atoms with E-state index < -0.39 is 11.4 Å². The Labute approximate surface area is 116 Å². The van der Waals surface area contributed by atoms with Crippen molar-refractivity contribution in [1.82, 2.24) is 4.98 Å². The zero-order valence-corrected chi connectivity index (χ0v) is 12.1. The molecule has 0 unspecified atom stereocenters. The predicted octanol–water partition coefficient (Wildman–Crippen LogP) is 3.73. The number of benzene rings is 1. The van der Waals surface area contributed by atoms with Crippen LogP contribution in [0.4, 0.5) is 0 Å². The number of rotatable bonds is 4. The average Bonchev–Trinajstić information content (AvgIpc) is 2.84. The van der Waals surface area contributed by atoms with Crippen molar-refractivity contribution in [2.45, 2.75) is 32.6 Å². The zero-order valence-electron chi connectivity index (χ0n) is 11.3. The second kappa shape index (κ2) is 5.13. The number of aliphatic carboxylic acids is 1. The first kappa shape index (κ1) is 13.7. The van der Waals surface area contributed by atoms with E-state index in [1.807, 2.05) is 30.3 Å². The van der Waals surface area contributed by atoms with Crippen LogP contribution < -0.4 is 0 Å². The van der Waals surface area contributed by atoms with Crippen LogP contribution in [0.5, 0.6) is 0 Å². The lowest BCUT2D eigenvalue weighted by Crippen LogP contribution is -2.28. The van der Waals surface area contributed by atoms with Gasteiger partial charge >= 0.3 is 5.97 Å². The molecule has 0 aliphatic heterocycles. The van der Waals surface area contributed by atoms with Gasteiger partial charge in [0.2, 0.25) is 0 Å². The van der Waals surface area contributed by atoms with E-state index in [4.69, 9.17) is 0 Å². The van der Waals surface area contributed by atoms with Crippen molar-refractivity contribution in [3.8, 4) is 11.3 Å². The number of aromatic nitrogens is 1. The van der Waals surface area contributed by atoms with Crippen molar-refractivity contribution in [1.29, 1.82) is 0 Å². The molecule has 0 spiro atoms. The van der Waals surface area contributed by atoms with Crippen LogP contribution in [0.1, 0.15) is 30.7 Å². The average molecular weight is 275 g/mol. The van der Waals surface area contributed by atoms with E-state index in [-0.39, 0.29) is 0 Å². The van der Waals surface area contributed by atoms with Crippen LogP contribution >= 0.6 is 11.3 Å². The van der Waals surface area contributed by atoms with Crippen LogP contribution in [0.3, 0.4) is 0 Å². The van der Waals surface area contributed by atoms with Gasteiger partial charge in [0.25, 0.3) is 0 Å². The molecule has 2 aromatic rings. The molecule has 1 N–H and O–H groups in total. The van der Waals surface area contributed by atoms with E-state index in [9.17, 15) is 9.90 Å². The standard InChI is InChI=1S/C15H17NO2S/c1-4-11-12(10-8-6-5-7-9-10)16-13(19-11)15(2,3)14(17)18/h5-9H,4H2,1-3H3,(H,17,18). The van der Waals surface area contributed by atoms with Gasteiger partial charge < -0.3 is 5.11 Å². The zero-order chi connectivity index (χ0) is 14.0. The Bertz CT molecular complexity index is 587. The normalized spacial score (nSPS) is 11.5. The van der Waals surface area contributed by atoms with Crippen molar-refractivity contribution < 1.29 is 9.90 Å². The fourth-order valence-electron chi connectivity index (χ4n) is 1.77. The van der Waals surface area contributed by atoms with E-state index >= 15 is 0 Å². The molecule has 1 heterocycles. The van der Waals surface area contributed by atoms with E-state index in [1.54, 1.807) is 13.8 Å². The van der Waals surface area contributed by atoms with Crippen molar-refractivity contribution in [2.75, 3.05) is 0 Å². The number of aryl methyl sites for hydroxylation is 1. The minimum Gasteiger partial charge on any atom is -0.481 e. The minimum absolute atomic E-state index is 0.663. The van der Waals surface area contributed by atoms with Gasteiger partial charge in [-0.05, 0) is 20.3 Å². The molecule has 0 bridgehead atoms. The van der Waals surface area contributed by atoms with Crippen LogP contribution in [-0.4, -0.2) is 16.1 Å². The predicted molar refractivity (Wildman–Crippen MR) is 77.6 cm³/mol. The van der Waals surface area contributed by atoms with Gasteiger partial charge in [-0.3, -0.25) is 4.79 Å². The van der Waals surface area contributed by atoms with Crippen molar-refractivity contribution in [2.24, 2.45) is 0 Å². The Hall–Kier alpha value is -1.68. The van der Waals surface area contributed by atoms with Crippen LogP contribution in [0.2, 0.25) is 0 Å². The lowest BCUT2D eigenvalue weighted by Gasteiger charge is -2.15. The molecule has 19 heavy (non-hydrogen) atoms. The lowest BCUT2D eigenvalue weighted by atomic mass is 9.95. The number of hydrogen-bond donors (Lipinski definition) is 1. The Kier molecular flexibility index (Phi) is 3.71. The van der Waals surface area contributed by atoms with E-state index in [2.05, 4.69) is 11.9 Å². The highest BCUT2D eigenvalue weighted by molar-refractivity contribution is 7.12. The number of hydrogen-bond acceptors (Lipinski definition) is 3. The molecule has 0 aliphatic rings. The molecule has 0 saturated heterocycles. The first-order chi connectivity index (χ1) is 8.96. The number of thiazole rings is 1. The van der Waals surface area contributed by atoms with Crippen LogP contribution in [0.25, 0.3) is 11.3 Å². The maximum absolute atomic E-state index is 11.3. The fourth-order valence-corrected chi connectivity index (χ4v) is 2.89. The van der Waals surface area contributed by atoms with Crippen LogP contribution in [-0.2, 0) is 16.6 Å². The molecule has 0 fully saturated rings. The summed E-state index contributed by atoms with van der Waals surface area (Å²) in [6, 6.07) is 9.91. The number of carboxylic acids is 1. The minimum atomic E-state index is -0.943. The van der Waals surface area contributed by atoms with Crippen molar-refractivity contribution in [3.63, 3.8) is 0 Å². The van der Waals surface area contributed by atoms with Gasteiger partial charge in [-0.15, -0.1) is 11.3 Å². The Morgan fingerprint density at radius 1 is 1.32 bits per heavy atom. The van der Waals surface area contributed by atoms with Gasteiger partial charge in [0.05, 0.1) is 5.69 Å². The summed E-state index contributed by atoms with van der Waals surface area (Å²) in [7, 11) is 0. The van der Waals surface area contributed by atoms with Crippen molar-refractivity contribution >= 4 is 17.3 Å². The maximum atomic E-state index is 11.3. The second-order valence-electron chi connectivity index (χ2n) is 4.94. The van der Waals surface area contributed by atoms with Gasteiger partial charge in [0, 0.05) is 10.4 Å². The van der Waals surface area contributed by atoms with E-state index in [0.717, 1.165) is 22.6 Å². The molecule has 1 aromatic heterocycles.